The second-order valence-electron chi connectivity index (χ2n) is 4.22. The van der Waals surface area contributed by atoms with Gasteiger partial charge < -0.3 is 4.90 Å². The molecule has 0 N–H and O–H groups in total. The Balaban J connectivity index is 1.88. The monoisotopic (exact) mass is 153 g/mol. The van der Waals surface area contributed by atoms with Crippen LogP contribution < -0.4 is 0 Å². The maximum atomic E-state index is 2.68. The molecule has 1 aliphatic heterocycles. The van der Waals surface area contributed by atoms with E-state index in [1.165, 1.54) is 45.2 Å². The first kappa shape index (κ1) is 7.60. The third-order valence-corrected chi connectivity index (χ3v) is 3.43. The summed E-state index contributed by atoms with van der Waals surface area (Å²) in [5.74, 6) is 0.976. The van der Waals surface area contributed by atoms with Gasteiger partial charge in [-0.05, 0) is 38.3 Å². The zero-order valence-electron chi connectivity index (χ0n) is 7.55. The van der Waals surface area contributed by atoms with Crippen LogP contribution in [-0.2, 0) is 0 Å². The molecule has 0 bridgehead atoms. The van der Waals surface area contributed by atoms with E-state index in [1.54, 1.807) is 0 Å². The molecular weight excluding hydrogens is 134 g/mol. The van der Waals surface area contributed by atoms with Crippen LogP contribution in [0.25, 0.3) is 0 Å². The summed E-state index contributed by atoms with van der Waals surface area (Å²) < 4.78 is 0. The van der Waals surface area contributed by atoms with E-state index in [2.05, 4.69) is 11.8 Å². The standard InChI is InChI=1S/C10H19N/c1-9-5-2-3-6-10(9)11-7-4-8-11/h9-10H,2-8H2,1H3/t9-,10+/m1/s1. The van der Waals surface area contributed by atoms with E-state index in [-0.39, 0.29) is 0 Å². The van der Waals surface area contributed by atoms with Gasteiger partial charge in [0.1, 0.15) is 0 Å². The summed E-state index contributed by atoms with van der Waals surface area (Å²) in [5.41, 5.74) is 0. The van der Waals surface area contributed by atoms with Crippen molar-refractivity contribution in [3.8, 4) is 0 Å². The fraction of sp³-hybridized carbons (Fsp3) is 1.00. The first-order valence-corrected chi connectivity index (χ1v) is 5.12. The lowest BCUT2D eigenvalue weighted by Gasteiger charge is -2.43. The average molecular weight is 153 g/mol. The van der Waals surface area contributed by atoms with Crippen molar-refractivity contribution in [3.05, 3.63) is 0 Å². The van der Waals surface area contributed by atoms with E-state index in [4.69, 9.17) is 0 Å². The normalized spacial score (nSPS) is 40.1. The molecule has 0 spiro atoms. The van der Waals surface area contributed by atoms with Crippen molar-refractivity contribution >= 4 is 0 Å². The molecule has 2 fully saturated rings. The fourth-order valence-electron chi connectivity index (χ4n) is 2.51. The van der Waals surface area contributed by atoms with Gasteiger partial charge in [0.05, 0.1) is 0 Å². The summed E-state index contributed by atoms with van der Waals surface area (Å²) in [6.07, 6.45) is 7.35. The topological polar surface area (TPSA) is 3.24 Å². The molecule has 2 aliphatic rings. The van der Waals surface area contributed by atoms with Gasteiger partial charge in [0.15, 0.2) is 0 Å². The van der Waals surface area contributed by atoms with Crippen LogP contribution in [-0.4, -0.2) is 24.0 Å². The minimum absolute atomic E-state index is 0.956. The summed E-state index contributed by atoms with van der Waals surface area (Å²) >= 11 is 0. The summed E-state index contributed by atoms with van der Waals surface area (Å²) in [5, 5.41) is 0. The van der Waals surface area contributed by atoms with Gasteiger partial charge in [0.2, 0.25) is 0 Å². The lowest BCUT2D eigenvalue weighted by atomic mass is 9.84. The van der Waals surface area contributed by atoms with E-state index in [0.717, 1.165) is 12.0 Å². The first-order valence-electron chi connectivity index (χ1n) is 5.12. The average Bonchev–Trinajstić information content (AvgIpc) is 1.90. The molecule has 1 saturated carbocycles. The molecule has 2 atom stereocenters. The van der Waals surface area contributed by atoms with Crippen LogP contribution in [0, 0.1) is 5.92 Å². The molecule has 0 aromatic rings. The molecule has 1 nitrogen and oxygen atoms in total. The van der Waals surface area contributed by atoms with Crippen LogP contribution in [0.15, 0.2) is 0 Å². The van der Waals surface area contributed by atoms with Crippen molar-refractivity contribution in [2.45, 2.75) is 45.1 Å². The predicted octanol–water partition coefficient (Wildman–Crippen LogP) is 2.27. The zero-order chi connectivity index (χ0) is 7.68. The highest BCUT2D eigenvalue weighted by atomic mass is 15.2. The summed E-state index contributed by atoms with van der Waals surface area (Å²) in [7, 11) is 0. The third kappa shape index (κ3) is 1.44. The molecule has 1 heteroatoms. The Morgan fingerprint density at radius 3 is 2.27 bits per heavy atom. The lowest BCUT2D eigenvalue weighted by Crippen LogP contribution is -2.49. The highest BCUT2D eigenvalue weighted by Gasteiger charge is 2.29. The van der Waals surface area contributed by atoms with E-state index < -0.39 is 0 Å². The molecule has 0 aromatic heterocycles. The molecule has 2 rings (SSSR count). The summed E-state index contributed by atoms with van der Waals surface area (Å²) in [6, 6.07) is 0.956. The molecule has 0 amide bonds. The molecule has 64 valence electrons. The molecule has 1 heterocycles. The van der Waals surface area contributed by atoms with Gasteiger partial charge in [0.25, 0.3) is 0 Å². The van der Waals surface area contributed by atoms with Gasteiger partial charge in [-0.15, -0.1) is 0 Å². The Hall–Kier alpha value is -0.0400. The van der Waals surface area contributed by atoms with Gasteiger partial charge in [-0.1, -0.05) is 19.8 Å². The fourth-order valence-corrected chi connectivity index (χ4v) is 2.51. The number of likely N-dealkylation sites (tertiary alicyclic amines) is 1. The second-order valence-corrected chi connectivity index (χ2v) is 4.22. The highest BCUT2D eigenvalue weighted by molar-refractivity contribution is 4.84. The van der Waals surface area contributed by atoms with Crippen molar-refractivity contribution in [3.63, 3.8) is 0 Å². The molecule has 1 aliphatic carbocycles. The van der Waals surface area contributed by atoms with Crippen molar-refractivity contribution in [1.82, 2.24) is 4.90 Å². The Morgan fingerprint density at radius 1 is 1.00 bits per heavy atom. The van der Waals surface area contributed by atoms with E-state index >= 15 is 0 Å². The minimum atomic E-state index is 0.956. The molecule has 11 heavy (non-hydrogen) atoms. The van der Waals surface area contributed by atoms with Crippen LogP contribution in [0.1, 0.15) is 39.0 Å². The molecule has 0 unspecified atom stereocenters. The highest BCUT2D eigenvalue weighted by Crippen LogP contribution is 2.30. The van der Waals surface area contributed by atoms with Gasteiger partial charge in [-0.25, -0.2) is 0 Å². The summed E-state index contributed by atoms with van der Waals surface area (Å²) in [4.78, 5) is 2.68. The SMILES string of the molecule is C[C@@H]1CCCC[C@@H]1N1CCC1. The maximum Gasteiger partial charge on any atom is 0.0121 e. The van der Waals surface area contributed by atoms with Crippen LogP contribution in [0.2, 0.25) is 0 Å². The zero-order valence-corrected chi connectivity index (χ0v) is 7.55. The van der Waals surface area contributed by atoms with Gasteiger partial charge in [-0.3, -0.25) is 0 Å². The van der Waals surface area contributed by atoms with Crippen LogP contribution in [0.3, 0.4) is 0 Å². The van der Waals surface area contributed by atoms with Crippen molar-refractivity contribution < 1.29 is 0 Å². The van der Waals surface area contributed by atoms with E-state index in [9.17, 15) is 0 Å². The van der Waals surface area contributed by atoms with Gasteiger partial charge >= 0.3 is 0 Å². The Morgan fingerprint density at radius 2 is 1.73 bits per heavy atom. The molecule has 1 saturated heterocycles. The second kappa shape index (κ2) is 3.14. The number of hydrogen-bond donors (Lipinski definition) is 0. The van der Waals surface area contributed by atoms with Crippen LogP contribution in [0.5, 0.6) is 0 Å². The maximum absolute atomic E-state index is 2.68. The Kier molecular flexibility index (Phi) is 2.17. The van der Waals surface area contributed by atoms with Crippen LogP contribution >= 0.6 is 0 Å². The smallest absolute Gasteiger partial charge is 0.0121 e. The van der Waals surface area contributed by atoms with E-state index in [1.807, 2.05) is 0 Å². The first-order chi connectivity index (χ1) is 5.38. The molecule has 0 radical (unpaired) electrons. The van der Waals surface area contributed by atoms with Crippen molar-refractivity contribution in [2.24, 2.45) is 5.92 Å². The Bertz CT molecular complexity index is 127. The quantitative estimate of drug-likeness (QED) is 0.558. The Labute approximate surface area is 69.8 Å². The largest absolute Gasteiger partial charge is 0.300 e. The molecular formula is C10H19N. The van der Waals surface area contributed by atoms with Crippen molar-refractivity contribution in [1.29, 1.82) is 0 Å². The number of hydrogen-bond acceptors (Lipinski definition) is 1. The number of nitrogens with zero attached hydrogens (tertiary/aromatic N) is 1. The van der Waals surface area contributed by atoms with Crippen molar-refractivity contribution in [2.75, 3.05) is 13.1 Å². The number of rotatable bonds is 1. The summed E-state index contributed by atoms with van der Waals surface area (Å²) in [6.45, 7) is 5.20. The molecule has 0 aromatic carbocycles. The van der Waals surface area contributed by atoms with Gasteiger partial charge in [-0.2, -0.15) is 0 Å². The lowest BCUT2D eigenvalue weighted by molar-refractivity contribution is 0.0580. The van der Waals surface area contributed by atoms with Gasteiger partial charge in [0, 0.05) is 6.04 Å². The van der Waals surface area contributed by atoms with E-state index in [0.29, 0.717) is 0 Å². The third-order valence-electron chi connectivity index (χ3n) is 3.43. The predicted molar refractivity (Wildman–Crippen MR) is 47.6 cm³/mol. The minimum Gasteiger partial charge on any atom is -0.300 e. The van der Waals surface area contributed by atoms with Crippen LogP contribution in [0.4, 0.5) is 0 Å².